The van der Waals surface area contributed by atoms with Crippen molar-refractivity contribution >= 4 is 5.97 Å². The Morgan fingerprint density at radius 2 is 1.45 bits per heavy atom. The maximum absolute atomic E-state index is 11.1. The van der Waals surface area contributed by atoms with Crippen molar-refractivity contribution < 1.29 is 29.1 Å². The van der Waals surface area contributed by atoms with Gasteiger partial charge in [0.2, 0.25) is 0 Å². The molecule has 0 bridgehead atoms. The number of carbonyl (C=O) groups is 1. The molecule has 0 aromatic rings. The minimum absolute atomic E-state index is 0.133. The topological polar surface area (TPSA) is 37.3 Å². The second-order valence-corrected chi connectivity index (χ2v) is 3.42. The van der Waals surface area contributed by atoms with Gasteiger partial charge in [0, 0.05) is 25.6 Å². The molecule has 0 fully saturated rings. The Bertz CT molecular complexity index is 796. The quantitative estimate of drug-likeness (QED) is 0.445. The lowest BCUT2D eigenvalue weighted by Gasteiger charge is -1.98. The summed E-state index contributed by atoms with van der Waals surface area (Å²) in [5, 5.41) is 8.95. The Hall–Kier alpha value is -1.31. The van der Waals surface area contributed by atoms with Crippen molar-refractivity contribution in [2.45, 2.75) is 70.8 Å². The molecule has 0 radical (unpaired) electrons. The van der Waals surface area contributed by atoms with Gasteiger partial charge in [0.25, 0.3) is 0 Å². The number of hydrogen-bond donors (Lipinski definition) is 1. The minimum Gasteiger partial charge on any atom is -0.481 e. The van der Waals surface area contributed by atoms with Gasteiger partial charge < -0.3 is 5.11 Å². The smallest absolute Gasteiger partial charge is 0.303 e. The van der Waals surface area contributed by atoms with Crippen molar-refractivity contribution in [1.29, 1.82) is 0 Å². The van der Waals surface area contributed by atoms with Gasteiger partial charge in [-0.3, -0.25) is 4.79 Å². The predicted octanol–water partition coefficient (Wildman–Crippen LogP) is 5.66. The molecule has 0 heterocycles. The summed E-state index contributed by atoms with van der Waals surface area (Å²) in [6.45, 7) is 1.96. The molecular weight excluding hydrogens is 248 g/mol. The SMILES string of the molecule is [2H]C([2H])(/C=C/C/C=C/C/C=C/CC)C([2H])([2H])C([2H])([2H])C([2H])([2H])C([2H])([2H])C([2H])([2H])C([2H])([2H])C(=O)O. The molecule has 0 aliphatic heterocycles. The van der Waals surface area contributed by atoms with Crippen LogP contribution >= 0.6 is 0 Å². The van der Waals surface area contributed by atoms with E-state index < -0.39 is 50.6 Å². The van der Waals surface area contributed by atoms with E-state index in [-0.39, 0.29) is 6.42 Å². The molecule has 0 rings (SSSR count). The zero-order valence-electron chi connectivity index (χ0n) is 25.4. The molecule has 2 heteroatoms. The highest BCUT2D eigenvalue weighted by molar-refractivity contribution is 5.66. The fourth-order valence-electron chi connectivity index (χ4n) is 0.996. The van der Waals surface area contributed by atoms with Crippen LogP contribution in [0.2, 0.25) is 0 Å². The summed E-state index contributed by atoms with van der Waals surface area (Å²) >= 11 is 0. The molecule has 0 amide bonds. The summed E-state index contributed by atoms with van der Waals surface area (Å²) in [6, 6.07) is 0. The first-order valence-corrected chi connectivity index (χ1v) is 6.21. The Balaban J connectivity index is 6.13. The molecule has 0 aliphatic rings. The number of allylic oxidation sites excluding steroid dienone is 6. The Morgan fingerprint density at radius 3 is 2.10 bits per heavy atom. The van der Waals surface area contributed by atoms with E-state index in [1.54, 1.807) is 12.2 Å². The molecule has 20 heavy (non-hydrogen) atoms. The number of carboxylic acid groups (broad SMARTS) is 1. The molecular formula is C18H30O2. The van der Waals surface area contributed by atoms with Gasteiger partial charge >= 0.3 is 5.97 Å². The van der Waals surface area contributed by atoms with Gasteiger partial charge in [0.05, 0.1) is 0 Å². The highest BCUT2D eigenvalue weighted by Crippen LogP contribution is 2.07. The van der Waals surface area contributed by atoms with Gasteiger partial charge in [-0.25, -0.2) is 0 Å². The van der Waals surface area contributed by atoms with Crippen LogP contribution in [-0.2, 0) is 4.79 Å². The number of aliphatic carboxylic acids is 1. The van der Waals surface area contributed by atoms with Crippen molar-refractivity contribution in [2.24, 2.45) is 0 Å². The predicted molar refractivity (Wildman–Crippen MR) is 86.9 cm³/mol. The van der Waals surface area contributed by atoms with Gasteiger partial charge in [-0.2, -0.15) is 0 Å². The van der Waals surface area contributed by atoms with Crippen molar-refractivity contribution in [3.8, 4) is 0 Å². The lowest BCUT2D eigenvalue weighted by Crippen LogP contribution is -1.93. The van der Waals surface area contributed by atoms with Crippen LogP contribution in [0.4, 0.5) is 0 Å². The van der Waals surface area contributed by atoms with E-state index in [2.05, 4.69) is 0 Å². The maximum atomic E-state index is 11.1. The van der Waals surface area contributed by atoms with E-state index in [1.165, 1.54) is 6.08 Å². The third-order valence-electron chi connectivity index (χ3n) is 1.81. The number of carboxylic acids is 1. The third kappa shape index (κ3) is 16.7. The first-order valence-electron chi connectivity index (χ1n) is 13.2. The molecule has 0 saturated heterocycles. The maximum Gasteiger partial charge on any atom is 0.303 e. The van der Waals surface area contributed by atoms with Gasteiger partial charge in [-0.05, 0) is 38.4 Å². The molecule has 0 aliphatic carbocycles. The van der Waals surface area contributed by atoms with Gasteiger partial charge in [0.15, 0.2) is 0 Å². The first-order chi connectivity index (χ1) is 15.0. The average molecular weight is 293 g/mol. The van der Waals surface area contributed by atoms with Crippen LogP contribution in [0.1, 0.15) is 90.0 Å². The van der Waals surface area contributed by atoms with Gasteiger partial charge in [0.1, 0.15) is 0 Å². The van der Waals surface area contributed by atoms with Crippen LogP contribution in [0.3, 0.4) is 0 Å². The van der Waals surface area contributed by atoms with E-state index in [9.17, 15) is 4.79 Å². The molecule has 0 saturated carbocycles. The summed E-state index contributed by atoms with van der Waals surface area (Å²) in [5.74, 6) is -2.47. The van der Waals surface area contributed by atoms with E-state index in [0.717, 1.165) is 6.42 Å². The molecule has 0 unspecified atom stereocenters. The standard InChI is InChI=1S/C18H30O2/c1-2-3-4-5-6-7-8-9-10-11-12-13-14-15-16-17-18(19)20/h3-4,6-7,9-10H,2,5,8,11-17H2,1H3,(H,19,20)/b4-3+,7-6+,10-9+/i11D2,12D2,13D2,14D2,15D2,16D2,17D2. The fourth-order valence-corrected chi connectivity index (χ4v) is 0.996. The second kappa shape index (κ2) is 15.7. The summed E-state index contributed by atoms with van der Waals surface area (Å²) in [4.78, 5) is 11.1. The zero-order chi connectivity index (χ0) is 27.4. The van der Waals surface area contributed by atoms with Crippen molar-refractivity contribution in [1.82, 2.24) is 0 Å². The largest absolute Gasteiger partial charge is 0.481 e. The number of hydrogen-bond acceptors (Lipinski definition) is 1. The number of rotatable bonds is 13. The van der Waals surface area contributed by atoms with Crippen LogP contribution in [0, 0.1) is 0 Å². The Kier molecular flexibility index (Phi) is 4.59. The lowest BCUT2D eigenvalue weighted by molar-refractivity contribution is -0.137. The highest BCUT2D eigenvalue weighted by atomic mass is 16.4. The third-order valence-corrected chi connectivity index (χ3v) is 1.81. The molecule has 1 N–H and O–H groups in total. The van der Waals surface area contributed by atoms with E-state index in [1.807, 2.05) is 19.1 Å². The molecule has 0 spiro atoms. The van der Waals surface area contributed by atoms with Crippen LogP contribution < -0.4 is 0 Å². The van der Waals surface area contributed by atoms with E-state index >= 15 is 0 Å². The summed E-state index contributed by atoms with van der Waals surface area (Å²) in [7, 11) is 0. The van der Waals surface area contributed by atoms with Crippen molar-refractivity contribution in [3.63, 3.8) is 0 Å². The van der Waals surface area contributed by atoms with Crippen LogP contribution in [0.15, 0.2) is 36.5 Å². The highest BCUT2D eigenvalue weighted by Gasteiger charge is 1.95. The molecule has 2 nitrogen and oxygen atoms in total. The van der Waals surface area contributed by atoms with Crippen LogP contribution in [0.25, 0.3) is 0 Å². The molecule has 0 aromatic heterocycles. The van der Waals surface area contributed by atoms with E-state index in [4.69, 9.17) is 24.3 Å². The van der Waals surface area contributed by atoms with Crippen molar-refractivity contribution in [3.05, 3.63) is 36.5 Å². The second-order valence-electron chi connectivity index (χ2n) is 3.42. The van der Waals surface area contributed by atoms with Gasteiger partial charge in [-0.1, -0.05) is 62.5 Å². The first kappa shape index (κ1) is 5.82. The van der Waals surface area contributed by atoms with E-state index in [0.29, 0.717) is 12.5 Å². The fraction of sp³-hybridized carbons (Fsp3) is 0.611. The average Bonchev–Trinajstić information content (AvgIpc) is 2.68. The van der Waals surface area contributed by atoms with Gasteiger partial charge in [-0.15, -0.1) is 0 Å². The zero-order valence-corrected chi connectivity index (χ0v) is 11.4. The Morgan fingerprint density at radius 1 is 0.900 bits per heavy atom. The normalized spacial score (nSPS) is 27.4. The van der Waals surface area contributed by atoms with Crippen molar-refractivity contribution in [2.75, 3.05) is 0 Å². The summed E-state index contributed by atoms with van der Waals surface area (Å²) in [6.07, 6.45) is -17.2. The molecule has 114 valence electrons. The Labute approximate surface area is 143 Å². The molecule has 0 aromatic carbocycles. The lowest BCUT2D eigenvalue weighted by atomic mass is 10.1. The van der Waals surface area contributed by atoms with Crippen LogP contribution in [0.5, 0.6) is 0 Å². The summed E-state index contributed by atoms with van der Waals surface area (Å²) in [5.41, 5.74) is 0. The monoisotopic (exact) mass is 292 g/mol. The minimum atomic E-state index is -4.26. The molecule has 0 atom stereocenters. The van der Waals surface area contributed by atoms with Crippen LogP contribution in [-0.4, -0.2) is 11.1 Å². The summed E-state index contributed by atoms with van der Waals surface area (Å²) < 4.78 is 110.